The quantitative estimate of drug-likeness (QED) is 0.334. The Morgan fingerprint density at radius 2 is 1.75 bits per heavy atom. The highest BCUT2D eigenvalue weighted by Gasteiger charge is 2.17. The lowest BCUT2D eigenvalue weighted by atomic mass is 10.0. The molecule has 5 nitrogen and oxygen atoms in total. The highest BCUT2D eigenvalue weighted by molar-refractivity contribution is 6.35. The van der Waals surface area contributed by atoms with Crippen molar-refractivity contribution in [3.05, 3.63) is 16.8 Å². The van der Waals surface area contributed by atoms with Crippen LogP contribution in [0.25, 0.3) is 11.2 Å². The molecule has 2 aromatic heterocycles. The summed E-state index contributed by atoms with van der Waals surface area (Å²) < 4.78 is 1.97. The number of aromatic nitrogens is 4. The van der Waals surface area contributed by atoms with Crippen molar-refractivity contribution in [3.63, 3.8) is 0 Å². The van der Waals surface area contributed by atoms with Crippen LogP contribution in [-0.2, 0) is 0 Å². The van der Waals surface area contributed by atoms with E-state index in [4.69, 9.17) is 23.2 Å². The van der Waals surface area contributed by atoms with Gasteiger partial charge in [-0.1, -0.05) is 63.5 Å². The van der Waals surface area contributed by atoms with Gasteiger partial charge in [0, 0.05) is 12.6 Å². The molecule has 0 aliphatic carbocycles. The first-order chi connectivity index (χ1) is 11.7. The molecule has 134 valence electrons. The van der Waals surface area contributed by atoms with Crippen LogP contribution < -0.4 is 0 Å². The summed E-state index contributed by atoms with van der Waals surface area (Å²) in [5.74, 6) is 0. The van der Waals surface area contributed by atoms with Gasteiger partial charge >= 0.3 is 0 Å². The molecule has 1 N–H and O–H groups in total. The third-order valence-electron chi connectivity index (χ3n) is 4.35. The average molecular weight is 373 g/mol. The van der Waals surface area contributed by atoms with Gasteiger partial charge in [-0.3, -0.25) is 0 Å². The first kappa shape index (κ1) is 19.4. The lowest BCUT2D eigenvalue weighted by Crippen LogP contribution is -2.11. The second-order valence-corrected chi connectivity index (χ2v) is 6.88. The van der Waals surface area contributed by atoms with E-state index < -0.39 is 0 Å². The van der Waals surface area contributed by atoms with Gasteiger partial charge in [0.1, 0.15) is 5.52 Å². The maximum Gasteiger partial charge on any atom is 0.225 e. The Bertz CT molecular complexity index is 632. The van der Waals surface area contributed by atoms with Crippen molar-refractivity contribution in [3.8, 4) is 0 Å². The van der Waals surface area contributed by atoms with Gasteiger partial charge in [0.05, 0.1) is 6.33 Å². The second kappa shape index (κ2) is 10.2. The summed E-state index contributed by atoms with van der Waals surface area (Å²) in [4.78, 5) is 12.5. The van der Waals surface area contributed by atoms with Gasteiger partial charge in [0.25, 0.3) is 0 Å². The van der Waals surface area contributed by atoms with Crippen molar-refractivity contribution in [2.24, 2.45) is 0 Å². The summed E-state index contributed by atoms with van der Waals surface area (Å²) in [7, 11) is 0. The fraction of sp³-hybridized carbons (Fsp3) is 0.706. The largest absolute Gasteiger partial charge is 0.396 e. The molecule has 0 aromatic carbocycles. The van der Waals surface area contributed by atoms with Crippen LogP contribution in [0.3, 0.4) is 0 Å². The molecule has 0 amide bonds. The van der Waals surface area contributed by atoms with Gasteiger partial charge in [0.15, 0.2) is 10.8 Å². The number of fused-ring (bicyclic) bond motifs is 1. The van der Waals surface area contributed by atoms with Gasteiger partial charge in [-0.05, 0) is 24.4 Å². The topological polar surface area (TPSA) is 63.8 Å². The van der Waals surface area contributed by atoms with Crippen LogP contribution in [0.2, 0.25) is 10.4 Å². The first-order valence-corrected chi connectivity index (χ1v) is 9.59. The van der Waals surface area contributed by atoms with Crippen LogP contribution >= 0.6 is 23.2 Å². The molecule has 7 heteroatoms. The molecular weight excluding hydrogens is 347 g/mol. The van der Waals surface area contributed by atoms with E-state index >= 15 is 0 Å². The maximum atomic E-state index is 9.40. The van der Waals surface area contributed by atoms with Crippen LogP contribution in [0.1, 0.15) is 70.8 Å². The van der Waals surface area contributed by atoms with E-state index in [1.165, 1.54) is 38.5 Å². The summed E-state index contributed by atoms with van der Waals surface area (Å²) >= 11 is 12.0. The molecule has 0 aliphatic rings. The lowest BCUT2D eigenvalue weighted by molar-refractivity contribution is 0.251. The third-order valence-corrected chi connectivity index (χ3v) is 4.78. The molecule has 2 heterocycles. The third kappa shape index (κ3) is 5.30. The Balaban J connectivity index is 1.97. The summed E-state index contributed by atoms with van der Waals surface area (Å²) in [6.45, 7) is 2.37. The molecule has 24 heavy (non-hydrogen) atoms. The van der Waals surface area contributed by atoms with Gasteiger partial charge < -0.3 is 9.67 Å². The summed E-state index contributed by atoms with van der Waals surface area (Å²) in [6, 6.07) is 0.151. The Kier molecular flexibility index (Phi) is 8.22. The van der Waals surface area contributed by atoms with E-state index in [-0.39, 0.29) is 23.1 Å². The number of aliphatic hydroxyl groups excluding tert-OH is 1. The lowest BCUT2D eigenvalue weighted by Gasteiger charge is -2.18. The first-order valence-electron chi connectivity index (χ1n) is 8.83. The zero-order valence-electron chi connectivity index (χ0n) is 14.2. The average Bonchev–Trinajstić information content (AvgIpc) is 2.97. The number of hydrogen-bond acceptors (Lipinski definition) is 4. The smallest absolute Gasteiger partial charge is 0.225 e. The van der Waals surface area contributed by atoms with Crippen LogP contribution in [0.4, 0.5) is 0 Å². The van der Waals surface area contributed by atoms with E-state index in [9.17, 15) is 5.11 Å². The molecule has 0 bridgehead atoms. The molecule has 2 rings (SSSR count). The van der Waals surface area contributed by atoms with Gasteiger partial charge in [-0.15, -0.1) is 0 Å². The minimum atomic E-state index is 0.118. The van der Waals surface area contributed by atoms with Crippen LogP contribution in [0.5, 0.6) is 0 Å². The van der Waals surface area contributed by atoms with E-state index in [1.54, 1.807) is 6.33 Å². The van der Waals surface area contributed by atoms with Crippen molar-refractivity contribution in [2.45, 2.75) is 70.8 Å². The van der Waals surface area contributed by atoms with E-state index in [2.05, 4.69) is 21.9 Å². The second-order valence-electron chi connectivity index (χ2n) is 6.18. The summed E-state index contributed by atoms with van der Waals surface area (Å²) in [6.07, 6.45) is 12.2. The Morgan fingerprint density at radius 3 is 2.46 bits per heavy atom. The molecule has 1 atom stereocenters. The molecule has 0 saturated heterocycles. The monoisotopic (exact) mass is 372 g/mol. The fourth-order valence-electron chi connectivity index (χ4n) is 3.03. The molecule has 0 saturated carbocycles. The predicted octanol–water partition coefficient (Wildman–Crippen LogP) is 5.20. The van der Waals surface area contributed by atoms with Gasteiger partial charge in [-0.2, -0.15) is 4.98 Å². The van der Waals surface area contributed by atoms with Gasteiger partial charge in [0.2, 0.25) is 5.28 Å². The number of rotatable bonds is 11. The molecule has 0 radical (unpaired) electrons. The van der Waals surface area contributed by atoms with Crippen molar-refractivity contribution in [1.29, 1.82) is 0 Å². The predicted molar refractivity (Wildman–Crippen MR) is 98.7 cm³/mol. The molecule has 2 aromatic rings. The summed E-state index contributed by atoms with van der Waals surface area (Å²) in [5, 5.41) is 9.78. The van der Waals surface area contributed by atoms with E-state index in [0.29, 0.717) is 17.6 Å². The number of aliphatic hydroxyl groups is 1. The standard InChI is InChI=1S/C17H26Cl2N4O/c1-2-3-4-5-6-7-8-9-13(10-11-24)23-12-20-14-15(18)21-17(19)22-16(14)23/h12-13,24H,2-11H2,1H3. The van der Waals surface area contributed by atoms with Crippen molar-refractivity contribution < 1.29 is 5.11 Å². The minimum Gasteiger partial charge on any atom is -0.396 e. The number of halogens is 2. The number of nitrogens with zero attached hydrogens (tertiary/aromatic N) is 4. The Labute approximate surface area is 153 Å². The zero-order chi connectivity index (χ0) is 17.4. The van der Waals surface area contributed by atoms with Crippen molar-refractivity contribution >= 4 is 34.4 Å². The van der Waals surface area contributed by atoms with E-state index in [1.807, 2.05) is 4.57 Å². The molecule has 1 unspecified atom stereocenters. The van der Waals surface area contributed by atoms with Crippen LogP contribution in [-0.4, -0.2) is 31.2 Å². The normalized spacial score (nSPS) is 12.8. The summed E-state index contributed by atoms with van der Waals surface area (Å²) in [5.41, 5.74) is 1.20. The highest BCUT2D eigenvalue weighted by Crippen LogP contribution is 2.27. The molecule has 0 fully saturated rings. The number of unbranched alkanes of at least 4 members (excludes halogenated alkanes) is 6. The van der Waals surface area contributed by atoms with Crippen LogP contribution in [0, 0.1) is 0 Å². The maximum absolute atomic E-state index is 9.40. The van der Waals surface area contributed by atoms with E-state index in [0.717, 1.165) is 12.8 Å². The minimum absolute atomic E-state index is 0.118. The Morgan fingerprint density at radius 1 is 1.04 bits per heavy atom. The SMILES string of the molecule is CCCCCCCCCC(CCO)n1cnc2c(Cl)nc(Cl)nc21. The Hall–Kier alpha value is -0.910. The molecule has 0 aliphatic heterocycles. The van der Waals surface area contributed by atoms with Crippen molar-refractivity contribution in [1.82, 2.24) is 19.5 Å². The number of imidazole rings is 1. The number of hydrogen-bond donors (Lipinski definition) is 1. The fourth-order valence-corrected chi connectivity index (χ4v) is 3.45. The molecule has 0 spiro atoms. The zero-order valence-corrected chi connectivity index (χ0v) is 15.7. The van der Waals surface area contributed by atoms with Gasteiger partial charge in [-0.25, -0.2) is 9.97 Å². The van der Waals surface area contributed by atoms with Crippen LogP contribution in [0.15, 0.2) is 6.33 Å². The molecular formula is C17H26Cl2N4O. The van der Waals surface area contributed by atoms with Crippen molar-refractivity contribution in [2.75, 3.05) is 6.61 Å². The highest BCUT2D eigenvalue weighted by atomic mass is 35.5.